The van der Waals surface area contributed by atoms with Gasteiger partial charge in [0.25, 0.3) is 0 Å². The van der Waals surface area contributed by atoms with E-state index in [-0.39, 0.29) is 0 Å². The van der Waals surface area contributed by atoms with Crippen LogP contribution in [0.4, 0.5) is 0 Å². The average molecular weight is 260 g/mol. The lowest BCUT2D eigenvalue weighted by Crippen LogP contribution is -2.47. The molecule has 1 aromatic carbocycles. The summed E-state index contributed by atoms with van der Waals surface area (Å²) in [7, 11) is 0. The van der Waals surface area contributed by atoms with Gasteiger partial charge in [-0.05, 0) is 25.8 Å². The number of hydrogen-bond acceptors (Lipinski definition) is 4. The van der Waals surface area contributed by atoms with Gasteiger partial charge in [-0.15, -0.1) is 5.12 Å². The number of hydrogen-bond donors (Lipinski definition) is 2. The van der Waals surface area contributed by atoms with Gasteiger partial charge in [-0.25, -0.2) is 11.0 Å². The van der Waals surface area contributed by atoms with Crippen LogP contribution in [0, 0.1) is 6.92 Å². The standard InChI is InChI=1S/C15H24N4/c1-4-5-8-11-18-17-15(13(3)19(18)16)14-10-7-6-9-12(14)2/h6-7,9-10,17H,4-5,8,11,16H2,1-3H3. The highest BCUT2D eigenvalue weighted by atomic mass is 15.9. The van der Waals surface area contributed by atoms with Crippen molar-refractivity contribution in [2.75, 3.05) is 6.54 Å². The second-order valence-corrected chi connectivity index (χ2v) is 5.06. The Morgan fingerprint density at radius 2 is 1.89 bits per heavy atom. The molecule has 3 N–H and O–H groups in total. The molecule has 0 amide bonds. The Morgan fingerprint density at radius 1 is 1.16 bits per heavy atom. The molecule has 4 heteroatoms. The predicted molar refractivity (Wildman–Crippen MR) is 79.2 cm³/mol. The molecule has 2 rings (SSSR count). The Balaban J connectivity index is 2.12. The van der Waals surface area contributed by atoms with Crippen molar-refractivity contribution in [1.29, 1.82) is 0 Å². The van der Waals surface area contributed by atoms with Crippen molar-refractivity contribution in [2.24, 2.45) is 5.84 Å². The fourth-order valence-corrected chi connectivity index (χ4v) is 2.34. The maximum atomic E-state index is 6.12. The Hall–Kier alpha value is -1.52. The molecular formula is C15H24N4. The van der Waals surface area contributed by atoms with Crippen LogP contribution in [0.2, 0.25) is 0 Å². The van der Waals surface area contributed by atoms with Crippen molar-refractivity contribution in [2.45, 2.75) is 40.0 Å². The number of nitrogens with zero attached hydrogens (tertiary/aromatic N) is 2. The van der Waals surface area contributed by atoms with Crippen LogP contribution in [0.15, 0.2) is 30.0 Å². The van der Waals surface area contributed by atoms with Gasteiger partial charge in [0.15, 0.2) is 0 Å². The van der Waals surface area contributed by atoms with E-state index in [1.165, 1.54) is 24.0 Å². The molecule has 0 unspecified atom stereocenters. The number of nitrogens with one attached hydrogen (secondary N) is 1. The van der Waals surface area contributed by atoms with Crippen LogP contribution in [-0.2, 0) is 0 Å². The number of allylic oxidation sites excluding steroid dienone is 1. The third-order valence-electron chi connectivity index (χ3n) is 3.59. The quantitative estimate of drug-likeness (QED) is 0.631. The normalized spacial score (nSPS) is 16.1. The third kappa shape index (κ3) is 2.91. The first kappa shape index (κ1) is 13.9. The van der Waals surface area contributed by atoms with Crippen molar-refractivity contribution < 1.29 is 0 Å². The number of rotatable bonds is 5. The average Bonchev–Trinajstić information content (AvgIpc) is 2.68. The van der Waals surface area contributed by atoms with Crippen molar-refractivity contribution in [1.82, 2.24) is 15.7 Å². The van der Waals surface area contributed by atoms with Crippen molar-refractivity contribution in [3.05, 3.63) is 41.1 Å². The summed E-state index contributed by atoms with van der Waals surface area (Å²) in [5.74, 6) is 6.12. The van der Waals surface area contributed by atoms with Gasteiger partial charge in [-0.1, -0.05) is 44.0 Å². The number of aryl methyl sites for hydroxylation is 1. The molecular weight excluding hydrogens is 236 g/mol. The molecule has 0 spiro atoms. The van der Waals surface area contributed by atoms with Crippen LogP contribution < -0.4 is 11.3 Å². The van der Waals surface area contributed by atoms with E-state index in [4.69, 9.17) is 5.84 Å². The lowest BCUT2D eigenvalue weighted by molar-refractivity contribution is -0.00394. The lowest BCUT2D eigenvalue weighted by atomic mass is 10.1. The van der Waals surface area contributed by atoms with Gasteiger partial charge in [-0.2, -0.15) is 0 Å². The Kier molecular flexibility index (Phi) is 4.45. The van der Waals surface area contributed by atoms with Crippen LogP contribution in [-0.4, -0.2) is 16.8 Å². The second-order valence-electron chi connectivity index (χ2n) is 5.06. The molecule has 104 valence electrons. The molecule has 0 bridgehead atoms. The molecule has 1 heterocycles. The van der Waals surface area contributed by atoms with Crippen LogP contribution in [0.5, 0.6) is 0 Å². The van der Waals surface area contributed by atoms with E-state index in [9.17, 15) is 0 Å². The fourth-order valence-electron chi connectivity index (χ4n) is 2.34. The first-order valence-electron chi connectivity index (χ1n) is 7.01. The maximum absolute atomic E-state index is 6.12. The van der Waals surface area contributed by atoms with E-state index in [2.05, 4.69) is 50.5 Å². The maximum Gasteiger partial charge on any atom is 0.0803 e. The van der Waals surface area contributed by atoms with Crippen LogP contribution in [0.1, 0.15) is 44.2 Å². The first-order valence-corrected chi connectivity index (χ1v) is 7.01. The van der Waals surface area contributed by atoms with Crippen LogP contribution in [0.3, 0.4) is 0 Å². The summed E-state index contributed by atoms with van der Waals surface area (Å²) in [5, 5.41) is 3.71. The zero-order chi connectivity index (χ0) is 13.8. The molecule has 0 saturated carbocycles. The molecule has 0 radical (unpaired) electrons. The zero-order valence-corrected chi connectivity index (χ0v) is 12.1. The number of benzene rings is 1. The highest BCUT2D eigenvalue weighted by Gasteiger charge is 2.25. The minimum absolute atomic E-state index is 0.928. The van der Waals surface area contributed by atoms with Gasteiger partial charge in [0, 0.05) is 12.1 Å². The summed E-state index contributed by atoms with van der Waals surface area (Å²) in [6, 6.07) is 8.37. The van der Waals surface area contributed by atoms with Gasteiger partial charge >= 0.3 is 0 Å². The molecule has 0 fully saturated rings. The zero-order valence-electron chi connectivity index (χ0n) is 12.1. The predicted octanol–water partition coefficient (Wildman–Crippen LogP) is 2.78. The van der Waals surface area contributed by atoms with E-state index >= 15 is 0 Å². The van der Waals surface area contributed by atoms with Crippen molar-refractivity contribution >= 4 is 5.70 Å². The smallest absolute Gasteiger partial charge is 0.0803 e. The molecule has 1 aliphatic rings. The summed E-state index contributed by atoms with van der Waals surface area (Å²) in [4.78, 5) is 0. The minimum Gasteiger partial charge on any atom is -0.298 e. The third-order valence-corrected chi connectivity index (χ3v) is 3.59. The Bertz CT molecular complexity index is 467. The van der Waals surface area contributed by atoms with Gasteiger partial charge in [0.1, 0.15) is 0 Å². The topological polar surface area (TPSA) is 44.5 Å². The van der Waals surface area contributed by atoms with Crippen LogP contribution >= 0.6 is 0 Å². The van der Waals surface area contributed by atoms with Gasteiger partial charge in [0.2, 0.25) is 0 Å². The van der Waals surface area contributed by atoms with Crippen molar-refractivity contribution in [3.63, 3.8) is 0 Å². The molecule has 0 aromatic heterocycles. The molecule has 19 heavy (non-hydrogen) atoms. The van der Waals surface area contributed by atoms with E-state index in [0.717, 1.165) is 24.4 Å². The van der Waals surface area contributed by atoms with Crippen molar-refractivity contribution in [3.8, 4) is 0 Å². The molecule has 0 saturated heterocycles. The lowest BCUT2D eigenvalue weighted by Gasteiger charge is -2.25. The summed E-state index contributed by atoms with van der Waals surface area (Å²) in [6.07, 6.45) is 3.59. The molecule has 4 nitrogen and oxygen atoms in total. The number of nitrogens with two attached hydrogens (primary N) is 1. The summed E-state index contributed by atoms with van der Waals surface area (Å²) in [5.41, 5.74) is 8.06. The van der Waals surface area contributed by atoms with E-state index in [0.29, 0.717) is 0 Å². The van der Waals surface area contributed by atoms with Gasteiger partial charge in [-0.3, -0.25) is 5.43 Å². The SMILES string of the molecule is CCCCCN1NC(c2ccccc2C)=C(C)N1N. The first-order chi connectivity index (χ1) is 9.15. The van der Waals surface area contributed by atoms with E-state index in [1.54, 1.807) is 5.12 Å². The summed E-state index contributed by atoms with van der Waals surface area (Å²) < 4.78 is 0. The molecule has 1 aromatic rings. The summed E-state index contributed by atoms with van der Waals surface area (Å²) in [6.45, 7) is 7.31. The van der Waals surface area contributed by atoms with Gasteiger partial charge < -0.3 is 0 Å². The molecule has 1 aliphatic heterocycles. The van der Waals surface area contributed by atoms with Gasteiger partial charge in [0.05, 0.1) is 11.4 Å². The number of hydrazine groups is 3. The monoisotopic (exact) mass is 260 g/mol. The molecule has 0 aliphatic carbocycles. The highest BCUT2D eigenvalue weighted by molar-refractivity contribution is 5.69. The molecule has 0 atom stereocenters. The minimum atomic E-state index is 0.928. The van der Waals surface area contributed by atoms with Crippen LogP contribution in [0.25, 0.3) is 5.70 Å². The van der Waals surface area contributed by atoms with E-state index in [1.807, 2.05) is 5.12 Å². The number of unbranched alkanes of at least 4 members (excludes halogenated alkanes) is 2. The Morgan fingerprint density at radius 3 is 2.58 bits per heavy atom. The second kappa shape index (κ2) is 6.08. The van der Waals surface area contributed by atoms with E-state index < -0.39 is 0 Å². The largest absolute Gasteiger partial charge is 0.298 e. The summed E-state index contributed by atoms with van der Waals surface area (Å²) >= 11 is 0. The fraction of sp³-hybridized carbons (Fsp3) is 0.467. The Labute approximate surface area is 115 Å². The highest BCUT2D eigenvalue weighted by Crippen LogP contribution is 2.26.